The number of methoxy groups -OCH3 is 2. The van der Waals surface area contributed by atoms with Gasteiger partial charge >= 0.3 is 0 Å². The number of hydrogen-bond acceptors (Lipinski definition) is 4. The fourth-order valence-corrected chi connectivity index (χ4v) is 3.67. The maximum atomic E-state index is 5.32. The van der Waals surface area contributed by atoms with Gasteiger partial charge in [-0.1, -0.05) is 6.07 Å². The molecule has 0 bridgehead atoms. The van der Waals surface area contributed by atoms with Crippen molar-refractivity contribution in [2.45, 2.75) is 13.0 Å². The van der Waals surface area contributed by atoms with Crippen LogP contribution in [0.25, 0.3) is 0 Å². The first-order valence-electron chi connectivity index (χ1n) is 7.56. The number of hydrogen-bond donors (Lipinski definition) is 2. The largest absolute Gasteiger partial charge is 0.493 e. The summed E-state index contributed by atoms with van der Waals surface area (Å²) >= 11 is 5.24. The lowest BCUT2D eigenvalue weighted by atomic mass is 10.2. The van der Waals surface area contributed by atoms with Gasteiger partial charge in [0.2, 0.25) is 0 Å². The molecule has 0 aliphatic carbocycles. The highest BCUT2D eigenvalue weighted by molar-refractivity contribution is 14.0. The highest BCUT2D eigenvalue weighted by Crippen LogP contribution is 2.27. The topological polar surface area (TPSA) is 54.9 Å². The lowest BCUT2D eigenvalue weighted by Gasteiger charge is -2.13. The Kier molecular flexibility index (Phi) is 10.2. The third-order valence-electron chi connectivity index (χ3n) is 3.42. The molecule has 0 aliphatic rings. The summed E-state index contributed by atoms with van der Waals surface area (Å²) in [5, 5.41) is 6.63. The number of guanidine groups is 1. The molecule has 138 valence electrons. The van der Waals surface area contributed by atoms with Crippen LogP contribution in [0.3, 0.4) is 0 Å². The zero-order chi connectivity index (χ0) is 17.4. The highest BCUT2D eigenvalue weighted by Gasteiger charge is 2.05. The van der Waals surface area contributed by atoms with Gasteiger partial charge in [0, 0.05) is 25.0 Å². The fraction of sp³-hybridized carbons (Fsp3) is 0.353. The predicted octanol–water partition coefficient (Wildman–Crippen LogP) is 4.05. The summed E-state index contributed by atoms with van der Waals surface area (Å²) < 4.78 is 11.7. The number of halogens is 2. The zero-order valence-electron chi connectivity index (χ0n) is 14.5. The number of nitrogens with one attached hydrogen (secondary N) is 2. The van der Waals surface area contributed by atoms with Crippen LogP contribution < -0.4 is 20.1 Å². The molecule has 2 N–H and O–H groups in total. The molecule has 5 nitrogen and oxygen atoms in total. The van der Waals surface area contributed by atoms with Crippen molar-refractivity contribution in [2.75, 3.05) is 27.8 Å². The molecule has 2 rings (SSSR count). The Labute approximate surface area is 178 Å². The van der Waals surface area contributed by atoms with E-state index in [0.29, 0.717) is 6.54 Å². The molecular weight excluding hydrogens is 517 g/mol. The zero-order valence-corrected chi connectivity index (χ0v) is 19.2. The van der Waals surface area contributed by atoms with E-state index in [1.165, 1.54) is 4.88 Å². The summed E-state index contributed by atoms with van der Waals surface area (Å²) in [6.45, 7) is 1.49. The first-order chi connectivity index (χ1) is 11.7. The summed E-state index contributed by atoms with van der Waals surface area (Å²) in [4.78, 5) is 5.59. The lowest BCUT2D eigenvalue weighted by molar-refractivity contribution is 0.354. The van der Waals surface area contributed by atoms with Crippen molar-refractivity contribution in [1.82, 2.24) is 10.6 Å². The Hall–Kier alpha value is -1.00. The van der Waals surface area contributed by atoms with Crippen LogP contribution in [0.4, 0.5) is 0 Å². The third kappa shape index (κ3) is 7.02. The van der Waals surface area contributed by atoms with Crippen molar-refractivity contribution in [3.63, 3.8) is 0 Å². The van der Waals surface area contributed by atoms with Crippen LogP contribution in [0.1, 0.15) is 10.4 Å². The van der Waals surface area contributed by atoms with Crippen LogP contribution >= 0.6 is 51.2 Å². The Balaban J connectivity index is 0.00000312. The second kappa shape index (κ2) is 11.6. The average Bonchev–Trinajstić information content (AvgIpc) is 3.02. The smallest absolute Gasteiger partial charge is 0.191 e. The van der Waals surface area contributed by atoms with E-state index in [9.17, 15) is 0 Å². The molecule has 0 saturated heterocycles. The Bertz CT molecular complexity index is 694. The van der Waals surface area contributed by atoms with E-state index in [1.807, 2.05) is 18.2 Å². The molecule has 0 aliphatic heterocycles. The lowest BCUT2D eigenvalue weighted by Crippen LogP contribution is -2.37. The second-order valence-electron chi connectivity index (χ2n) is 5.00. The van der Waals surface area contributed by atoms with Crippen molar-refractivity contribution in [1.29, 1.82) is 0 Å². The fourth-order valence-electron chi connectivity index (χ4n) is 2.19. The minimum absolute atomic E-state index is 0. The molecule has 0 fully saturated rings. The van der Waals surface area contributed by atoms with Crippen LogP contribution in [-0.4, -0.2) is 33.8 Å². The van der Waals surface area contributed by atoms with Gasteiger partial charge in [0.15, 0.2) is 17.5 Å². The van der Waals surface area contributed by atoms with E-state index < -0.39 is 0 Å². The SMILES string of the molecule is CN=C(NCCc1ccc(Br)s1)NCc1ccc(OC)c(OC)c1.I. The quantitative estimate of drug-likeness (QED) is 0.316. The molecule has 0 atom stereocenters. The number of benzene rings is 1. The Morgan fingerprint density at radius 2 is 1.88 bits per heavy atom. The molecule has 0 unspecified atom stereocenters. The van der Waals surface area contributed by atoms with Gasteiger partial charge in [-0.25, -0.2) is 0 Å². The molecule has 0 spiro atoms. The molecule has 1 aromatic heterocycles. The number of nitrogens with zero attached hydrogens (tertiary/aromatic N) is 1. The predicted molar refractivity (Wildman–Crippen MR) is 119 cm³/mol. The standard InChI is InChI=1S/C17H22BrN3O2S.HI/c1-19-17(20-9-8-13-5-7-16(18)24-13)21-11-12-4-6-14(22-2)15(10-12)23-3;/h4-7,10H,8-9,11H2,1-3H3,(H2,19,20,21);1H. The molecule has 0 amide bonds. The third-order valence-corrected chi connectivity index (χ3v) is 5.11. The van der Waals surface area contributed by atoms with Crippen molar-refractivity contribution in [3.8, 4) is 11.5 Å². The van der Waals surface area contributed by atoms with Gasteiger partial charge < -0.3 is 20.1 Å². The van der Waals surface area contributed by atoms with Gasteiger partial charge in [0.25, 0.3) is 0 Å². The molecule has 8 heteroatoms. The maximum Gasteiger partial charge on any atom is 0.191 e. The first kappa shape index (κ1) is 22.0. The van der Waals surface area contributed by atoms with E-state index in [1.54, 1.807) is 32.6 Å². The highest BCUT2D eigenvalue weighted by atomic mass is 127. The van der Waals surface area contributed by atoms with Crippen molar-refractivity contribution in [3.05, 3.63) is 44.6 Å². The van der Waals surface area contributed by atoms with Crippen LogP contribution in [0.15, 0.2) is 39.1 Å². The van der Waals surface area contributed by atoms with Gasteiger partial charge in [-0.2, -0.15) is 0 Å². The summed E-state index contributed by atoms with van der Waals surface area (Å²) in [7, 11) is 5.04. The van der Waals surface area contributed by atoms with E-state index in [0.717, 1.165) is 39.8 Å². The molecule has 1 aromatic carbocycles. The molecule has 1 heterocycles. The molecule has 0 saturated carbocycles. The van der Waals surface area contributed by atoms with Gasteiger partial charge in [0.05, 0.1) is 18.0 Å². The second-order valence-corrected chi connectivity index (χ2v) is 7.55. The van der Waals surface area contributed by atoms with E-state index in [-0.39, 0.29) is 24.0 Å². The minimum atomic E-state index is 0. The summed E-state index contributed by atoms with van der Waals surface area (Å²) in [6, 6.07) is 10.1. The van der Waals surface area contributed by atoms with E-state index >= 15 is 0 Å². The van der Waals surface area contributed by atoms with Crippen molar-refractivity contribution < 1.29 is 9.47 Å². The van der Waals surface area contributed by atoms with Crippen molar-refractivity contribution >= 4 is 57.2 Å². The van der Waals surface area contributed by atoms with E-state index in [2.05, 4.69) is 43.7 Å². The monoisotopic (exact) mass is 539 g/mol. The number of ether oxygens (including phenoxy) is 2. The average molecular weight is 540 g/mol. The Morgan fingerprint density at radius 3 is 2.48 bits per heavy atom. The Morgan fingerprint density at radius 1 is 1.12 bits per heavy atom. The molecule has 25 heavy (non-hydrogen) atoms. The van der Waals surface area contributed by atoms with Crippen molar-refractivity contribution in [2.24, 2.45) is 4.99 Å². The number of thiophene rings is 1. The minimum Gasteiger partial charge on any atom is -0.493 e. The summed E-state index contributed by atoms with van der Waals surface area (Å²) in [6.07, 6.45) is 0.966. The first-order valence-corrected chi connectivity index (χ1v) is 9.17. The maximum absolute atomic E-state index is 5.32. The number of aliphatic imine (C=N–C) groups is 1. The summed E-state index contributed by atoms with van der Waals surface area (Å²) in [5.74, 6) is 2.23. The van der Waals surface area contributed by atoms with Gasteiger partial charge in [-0.3, -0.25) is 4.99 Å². The van der Waals surface area contributed by atoms with Gasteiger partial charge in [-0.15, -0.1) is 35.3 Å². The van der Waals surface area contributed by atoms with Crippen LogP contribution in [0.2, 0.25) is 0 Å². The molecular formula is C17H23BrIN3O2S. The number of rotatable bonds is 7. The van der Waals surface area contributed by atoms with Gasteiger partial charge in [-0.05, 0) is 52.2 Å². The van der Waals surface area contributed by atoms with Crippen LogP contribution in [0.5, 0.6) is 11.5 Å². The summed E-state index contributed by atoms with van der Waals surface area (Å²) in [5.41, 5.74) is 1.10. The molecule has 2 aromatic rings. The van der Waals surface area contributed by atoms with Crippen LogP contribution in [0, 0.1) is 0 Å². The normalized spacial score (nSPS) is 10.8. The molecule has 0 radical (unpaired) electrons. The van der Waals surface area contributed by atoms with Crippen LogP contribution in [-0.2, 0) is 13.0 Å². The van der Waals surface area contributed by atoms with Gasteiger partial charge in [0.1, 0.15) is 0 Å². The van der Waals surface area contributed by atoms with E-state index in [4.69, 9.17) is 9.47 Å².